The highest BCUT2D eigenvalue weighted by Gasteiger charge is 2.06. The third kappa shape index (κ3) is 2.44. The van der Waals surface area contributed by atoms with Crippen LogP contribution in [0.3, 0.4) is 0 Å². The van der Waals surface area contributed by atoms with Gasteiger partial charge in [0.1, 0.15) is 5.75 Å². The Morgan fingerprint density at radius 3 is 2.71 bits per heavy atom. The molecule has 0 amide bonds. The number of nitrogens with two attached hydrogens (primary N) is 1. The molecule has 0 saturated carbocycles. The summed E-state index contributed by atoms with van der Waals surface area (Å²) in [5.74, 6) is 0.0640. The van der Waals surface area contributed by atoms with Gasteiger partial charge in [-0.2, -0.15) is 0 Å². The van der Waals surface area contributed by atoms with E-state index in [1.165, 1.54) is 0 Å². The molecule has 1 aromatic carbocycles. The number of rotatable bonds is 3. The van der Waals surface area contributed by atoms with E-state index >= 15 is 0 Å². The molecule has 14 heavy (non-hydrogen) atoms. The van der Waals surface area contributed by atoms with Gasteiger partial charge in [0.05, 0.1) is 6.54 Å². The number of ether oxygens (including phenoxy) is 1. The predicted molar refractivity (Wildman–Crippen MR) is 55.8 cm³/mol. The van der Waals surface area contributed by atoms with Crippen molar-refractivity contribution in [3.05, 3.63) is 36.4 Å². The molecule has 1 aromatic rings. The number of hydrogen-bond acceptors (Lipinski definition) is 3. The standard InChI is InChI=1S/C11H13NO2/c1-8(2)9-5-3-4-6-10(9)14-11(13)7-12/h3-6H,1,7,12H2,2H3. The third-order valence-corrected chi connectivity index (χ3v) is 1.74. The number of hydrogen-bond donors (Lipinski definition) is 1. The molecule has 0 aliphatic heterocycles. The van der Waals surface area contributed by atoms with Gasteiger partial charge in [-0.15, -0.1) is 0 Å². The van der Waals surface area contributed by atoms with Crippen molar-refractivity contribution in [3.63, 3.8) is 0 Å². The lowest BCUT2D eigenvalue weighted by molar-refractivity contribution is -0.132. The summed E-state index contributed by atoms with van der Waals surface area (Å²) < 4.78 is 5.03. The molecule has 0 spiro atoms. The molecular weight excluding hydrogens is 178 g/mol. The van der Waals surface area contributed by atoms with Gasteiger partial charge in [-0.05, 0) is 18.6 Å². The summed E-state index contributed by atoms with van der Waals surface area (Å²) in [5.41, 5.74) is 6.83. The Morgan fingerprint density at radius 2 is 2.14 bits per heavy atom. The van der Waals surface area contributed by atoms with Gasteiger partial charge in [0.25, 0.3) is 0 Å². The van der Waals surface area contributed by atoms with Crippen molar-refractivity contribution < 1.29 is 9.53 Å². The zero-order valence-corrected chi connectivity index (χ0v) is 8.12. The first kappa shape index (κ1) is 10.5. The Balaban J connectivity index is 2.95. The van der Waals surface area contributed by atoms with Crippen LogP contribution in [0.1, 0.15) is 12.5 Å². The Hall–Kier alpha value is -1.61. The van der Waals surface area contributed by atoms with Crippen LogP contribution >= 0.6 is 0 Å². The van der Waals surface area contributed by atoms with E-state index in [2.05, 4.69) is 6.58 Å². The Kier molecular flexibility index (Phi) is 3.42. The molecule has 1 rings (SSSR count). The van der Waals surface area contributed by atoms with Crippen LogP contribution in [-0.4, -0.2) is 12.5 Å². The highest BCUT2D eigenvalue weighted by molar-refractivity contribution is 5.77. The zero-order chi connectivity index (χ0) is 10.6. The Bertz CT molecular complexity index is 358. The molecule has 0 aromatic heterocycles. The van der Waals surface area contributed by atoms with E-state index in [9.17, 15) is 4.79 Å². The molecule has 2 N–H and O–H groups in total. The van der Waals surface area contributed by atoms with Crippen molar-refractivity contribution in [2.24, 2.45) is 5.73 Å². The fourth-order valence-corrected chi connectivity index (χ4v) is 1.07. The number of para-hydroxylation sites is 1. The highest BCUT2D eigenvalue weighted by Crippen LogP contribution is 2.24. The molecule has 0 fully saturated rings. The third-order valence-electron chi connectivity index (χ3n) is 1.74. The number of benzene rings is 1. The summed E-state index contributed by atoms with van der Waals surface area (Å²) in [7, 11) is 0. The van der Waals surface area contributed by atoms with Gasteiger partial charge in [0.2, 0.25) is 0 Å². The molecule has 0 heterocycles. The van der Waals surface area contributed by atoms with Crippen molar-refractivity contribution in [2.75, 3.05) is 6.54 Å². The maximum Gasteiger partial charge on any atom is 0.325 e. The van der Waals surface area contributed by atoms with Crippen LogP contribution in [0.15, 0.2) is 30.8 Å². The van der Waals surface area contributed by atoms with E-state index in [0.29, 0.717) is 5.75 Å². The lowest BCUT2D eigenvalue weighted by Crippen LogP contribution is -2.19. The van der Waals surface area contributed by atoms with E-state index in [4.69, 9.17) is 10.5 Å². The Morgan fingerprint density at radius 1 is 1.50 bits per heavy atom. The molecule has 0 bridgehead atoms. The smallest absolute Gasteiger partial charge is 0.325 e. The molecule has 0 atom stereocenters. The molecule has 0 saturated heterocycles. The fraction of sp³-hybridized carbons (Fsp3) is 0.182. The van der Waals surface area contributed by atoms with Gasteiger partial charge in [-0.1, -0.05) is 24.8 Å². The van der Waals surface area contributed by atoms with Crippen molar-refractivity contribution in [1.29, 1.82) is 0 Å². The minimum atomic E-state index is -0.446. The fourth-order valence-electron chi connectivity index (χ4n) is 1.07. The zero-order valence-electron chi connectivity index (χ0n) is 8.12. The minimum Gasteiger partial charge on any atom is -0.425 e. The first-order valence-corrected chi connectivity index (χ1v) is 4.31. The number of allylic oxidation sites excluding steroid dienone is 1. The Labute approximate surface area is 83.2 Å². The quantitative estimate of drug-likeness (QED) is 0.583. The van der Waals surface area contributed by atoms with E-state index in [1.54, 1.807) is 12.1 Å². The number of carbonyl (C=O) groups excluding carboxylic acids is 1. The summed E-state index contributed by atoms with van der Waals surface area (Å²) in [5, 5.41) is 0. The average Bonchev–Trinajstić information content (AvgIpc) is 2.18. The largest absolute Gasteiger partial charge is 0.425 e. The number of carbonyl (C=O) groups is 1. The minimum absolute atomic E-state index is 0.121. The van der Waals surface area contributed by atoms with E-state index in [-0.39, 0.29) is 6.54 Å². The average molecular weight is 191 g/mol. The van der Waals surface area contributed by atoms with Gasteiger partial charge in [0, 0.05) is 5.56 Å². The number of esters is 1. The highest BCUT2D eigenvalue weighted by atomic mass is 16.5. The lowest BCUT2D eigenvalue weighted by Gasteiger charge is -2.08. The molecule has 0 aliphatic rings. The first-order chi connectivity index (χ1) is 6.65. The van der Waals surface area contributed by atoms with Crippen LogP contribution in [0.25, 0.3) is 5.57 Å². The maximum absolute atomic E-state index is 11.0. The van der Waals surface area contributed by atoms with Gasteiger partial charge in [-0.25, -0.2) is 0 Å². The second-order valence-corrected chi connectivity index (χ2v) is 2.95. The molecule has 0 radical (unpaired) electrons. The maximum atomic E-state index is 11.0. The van der Waals surface area contributed by atoms with Gasteiger partial charge in [0.15, 0.2) is 0 Å². The summed E-state index contributed by atoms with van der Waals surface area (Å²) in [4.78, 5) is 11.0. The summed E-state index contributed by atoms with van der Waals surface area (Å²) >= 11 is 0. The predicted octanol–water partition coefficient (Wildman–Crippen LogP) is 1.58. The van der Waals surface area contributed by atoms with Crippen molar-refractivity contribution in [2.45, 2.75) is 6.92 Å². The summed E-state index contributed by atoms with van der Waals surface area (Å²) in [6.07, 6.45) is 0. The molecule has 74 valence electrons. The van der Waals surface area contributed by atoms with Crippen LogP contribution < -0.4 is 10.5 Å². The first-order valence-electron chi connectivity index (χ1n) is 4.31. The van der Waals surface area contributed by atoms with Gasteiger partial charge >= 0.3 is 5.97 Å². The van der Waals surface area contributed by atoms with Crippen LogP contribution in [0.5, 0.6) is 5.75 Å². The van der Waals surface area contributed by atoms with Gasteiger partial charge < -0.3 is 10.5 Å². The molecule has 3 heteroatoms. The molecule has 3 nitrogen and oxygen atoms in total. The normalized spacial score (nSPS) is 9.57. The van der Waals surface area contributed by atoms with E-state index in [0.717, 1.165) is 11.1 Å². The van der Waals surface area contributed by atoms with Crippen LogP contribution in [0, 0.1) is 0 Å². The van der Waals surface area contributed by atoms with Crippen molar-refractivity contribution >= 4 is 11.5 Å². The molecule has 0 aliphatic carbocycles. The summed E-state index contributed by atoms with van der Waals surface area (Å²) in [6.45, 7) is 5.53. The molecule has 0 unspecified atom stereocenters. The van der Waals surface area contributed by atoms with Crippen LogP contribution in [0.2, 0.25) is 0 Å². The monoisotopic (exact) mass is 191 g/mol. The summed E-state index contributed by atoms with van der Waals surface area (Å²) in [6, 6.07) is 7.23. The molecular formula is C11H13NO2. The second-order valence-electron chi connectivity index (χ2n) is 2.95. The SMILES string of the molecule is C=C(C)c1ccccc1OC(=O)CN. The second kappa shape index (κ2) is 4.58. The van der Waals surface area contributed by atoms with Crippen LogP contribution in [0.4, 0.5) is 0 Å². The van der Waals surface area contributed by atoms with E-state index < -0.39 is 5.97 Å². The topological polar surface area (TPSA) is 52.3 Å². The van der Waals surface area contributed by atoms with Crippen LogP contribution in [-0.2, 0) is 4.79 Å². The van der Waals surface area contributed by atoms with Gasteiger partial charge in [-0.3, -0.25) is 4.79 Å². The van der Waals surface area contributed by atoms with Crippen molar-refractivity contribution in [1.82, 2.24) is 0 Å². The van der Waals surface area contributed by atoms with Crippen molar-refractivity contribution in [3.8, 4) is 5.75 Å². The lowest BCUT2D eigenvalue weighted by atomic mass is 10.1. The van der Waals surface area contributed by atoms with E-state index in [1.807, 2.05) is 19.1 Å².